The lowest BCUT2D eigenvalue weighted by Crippen LogP contribution is -2.37. The van der Waals surface area contributed by atoms with Crippen molar-refractivity contribution in [2.45, 2.75) is 25.9 Å². The second-order valence-electron chi connectivity index (χ2n) is 5.92. The Kier molecular flexibility index (Phi) is 6.04. The second kappa shape index (κ2) is 8.45. The van der Waals surface area contributed by atoms with E-state index in [9.17, 15) is 4.79 Å². The fraction of sp³-hybridized carbons (Fsp3) is 0.368. The molecular formula is C19H21BrN2O3. The Morgan fingerprint density at radius 2 is 2.28 bits per heavy atom. The van der Waals surface area contributed by atoms with Gasteiger partial charge in [0.15, 0.2) is 0 Å². The lowest BCUT2D eigenvalue weighted by Gasteiger charge is -2.24. The van der Waals surface area contributed by atoms with Crippen molar-refractivity contribution in [3.8, 4) is 11.6 Å². The molecule has 0 aliphatic carbocycles. The maximum absolute atomic E-state index is 12.7. The molecule has 0 bridgehead atoms. The first-order valence-corrected chi connectivity index (χ1v) is 9.25. The monoisotopic (exact) mass is 404 g/mol. The summed E-state index contributed by atoms with van der Waals surface area (Å²) in [4.78, 5) is 18.7. The van der Waals surface area contributed by atoms with Crippen LogP contribution in [0.3, 0.4) is 0 Å². The van der Waals surface area contributed by atoms with Crippen LogP contribution in [-0.2, 0) is 4.74 Å². The summed E-state index contributed by atoms with van der Waals surface area (Å²) in [5.74, 6) is 1.12. The number of aromatic nitrogens is 1. The zero-order valence-electron chi connectivity index (χ0n) is 14.2. The van der Waals surface area contributed by atoms with Crippen LogP contribution in [-0.4, -0.2) is 41.6 Å². The van der Waals surface area contributed by atoms with Crippen molar-refractivity contribution < 1.29 is 14.3 Å². The molecule has 0 N–H and O–H groups in total. The number of likely N-dealkylation sites (N-methyl/N-ethyl adjacent to an activating group) is 1. The molecule has 1 aliphatic heterocycles. The van der Waals surface area contributed by atoms with E-state index >= 15 is 0 Å². The highest BCUT2D eigenvalue weighted by Crippen LogP contribution is 2.23. The molecule has 1 saturated heterocycles. The average Bonchev–Trinajstić information content (AvgIpc) is 3.13. The highest BCUT2D eigenvalue weighted by atomic mass is 79.9. The zero-order chi connectivity index (χ0) is 17.6. The summed E-state index contributed by atoms with van der Waals surface area (Å²) in [5, 5.41) is 0. The van der Waals surface area contributed by atoms with Gasteiger partial charge in [0, 0.05) is 36.4 Å². The van der Waals surface area contributed by atoms with E-state index in [4.69, 9.17) is 9.47 Å². The van der Waals surface area contributed by atoms with E-state index in [1.165, 1.54) is 0 Å². The van der Waals surface area contributed by atoms with Gasteiger partial charge < -0.3 is 14.4 Å². The summed E-state index contributed by atoms with van der Waals surface area (Å²) in [6, 6.07) is 11.0. The summed E-state index contributed by atoms with van der Waals surface area (Å²) in [5.41, 5.74) is 0.557. The van der Waals surface area contributed by atoms with E-state index in [1.807, 2.05) is 36.1 Å². The van der Waals surface area contributed by atoms with Gasteiger partial charge in [-0.05, 0) is 44.0 Å². The van der Waals surface area contributed by atoms with Crippen molar-refractivity contribution in [2.75, 3.05) is 19.7 Å². The number of nitrogens with zero attached hydrogens (tertiary/aromatic N) is 2. The lowest BCUT2D eigenvalue weighted by atomic mass is 10.2. The Labute approximate surface area is 156 Å². The standard InChI is InChI=1S/C19H21BrN2O3/c1-2-22(13-17-7-4-10-24-17)19(23)14-8-9-18(21-12-14)25-16-6-3-5-15(20)11-16/h3,5-6,8-9,11-12,17H,2,4,7,10,13H2,1H3. The van der Waals surface area contributed by atoms with Gasteiger partial charge in [0.2, 0.25) is 5.88 Å². The minimum Gasteiger partial charge on any atom is -0.439 e. The number of carbonyl (C=O) groups excluding carboxylic acids is 1. The summed E-state index contributed by atoms with van der Waals surface area (Å²) in [6.45, 7) is 4.05. The van der Waals surface area contributed by atoms with E-state index in [-0.39, 0.29) is 12.0 Å². The van der Waals surface area contributed by atoms with Crippen molar-refractivity contribution in [3.63, 3.8) is 0 Å². The minimum absolute atomic E-state index is 0.0282. The molecule has 5 nitrogen and oxygen atoms in total. The predicted octanol–water partition coefficient (Wildman–Crippen LogP) is 4.28. The molecule has 6 heteroatoms. The van der Waals surface area contributed by atoms with Crippen molar-refractivity contribution in [2.24, 2.45) is 0 Å². The molecule has 0 spiro atoms. The molecule has 132 valence electrons. The number of amides is 1. The first-order valence-electron chi connectivity index (χ1n) is 8.46. The van der Waals surface area contributed by atoms with Gasteiger partial charge in [-0.3, -0.25) is 4.79 Å². The van der Waals surface area contributed by atoms with Crippen molar-refractivity contribution in [1.29, 1.82) is 0 Å². The van der Waals surface area contributed by atoms with E-state index in [2.05, 4.69) is 20.9 Å². The molecular weight excluding hydrogens is 384 g/mol. The van der Waals surface area contributed by atoms with Gasteiger partial charge in [-0.1, -0.05) is 22.0 Å². The summed E-state index contributed by atoms with van der Waals surface area (Å²) < 4.78 is 12.3. The molecule has 0 saturated carbocycles. The molecule has 2 heterocycles. The van der Waals surface area contributed by atoms with Crippen LogP contribution in [0.4, 0.5) is 0 Å². The summed E-state index contributed by atoms with van der Waals surface area (Å²) in [7, 11) is 0. The van der Waals surface area contributed by atoms with Crippen molar-refractivity contribution in [1.82, 2.24) is 9.88 Å². The first-order chi connectivity index (χ1) is 12.2. The molecule has 25 heavy (non-hydrogen) atoms. The van der Waals surface area contributed by atoms with Crippen LogP contribution in [0.5, 0.6) is 11.6 Å². The summed E-state index contributed by atoms with van der Waals surface area (Å²) in [6.07, 6.45) is 3.80. The number of ether oxygens (including phenoxy) is 2. The second-order valence-corrected chi connectivity index (χ2v) is 6.84. The molecule has 0 radical (unpaired) electrons. The number of hydrogen-bond acceptors (Lipinski definition) is 4. The van der Waals surface area contributed by atoms with E-state index < -0.39 is 0 Å². The fourth-order valence-corrected chi connectivity index (χ4v) is 3.17. The van der Waals surface area contributed by atoms with Crippen LogP contribution in [0.25, 0.3) is 0 Å². The third kappa shape index (κ3) is 4.80. The van der Waals surface area contributed by atoms with E-state index in [1.54, 1.807) is 18.3 Å². The third-order valence-electron chi connectivity index (χ3n) is 4.12. The third-order valence-corrected chi connectivity index (χ3v) is 4.61. The normalized spacial score (nSPS) is 16.6. The fourth-order valence-electron chi connectivity index (χ4n) is 2.79. The zero-order valence-corrected chi connectivity index (χ0v) is 15.7. The van der Waals surface area contributed by atoms with Crippen LogP contribution >= 0.6 is 15.9 Å². The highest BCUT2D eigenvalue weighted by molar-refractivity contribution is 9.10. The average molecular weight is 405 g/mol. The van der Waals surface area contributed by atoms with Crippen LogP contribution in [0.2, 0.25) is 0 Å². The topological polar surface area (TPSA) is 51.7 Å². The maximum atomic E-state index is 12.7. The van der Waals surface area contributed by atoms with Crippen LogP contribution < -0.4 is 4.74 Å². The Morgan fingerprint density at radius 3 is 2.92 bits per heavy atom. The first kappa shape index (κ1) is 17.9. The van der Waals surface area contributed by atoms with Crippen LogP contribution in [0.1, 0.15) is 30.1 Å². The van der Waals surface area contributed by atoms with Gasteiger partial charge in [-0.15, -0.1) is 0 Å². The number of benzene rings is 1. The van der Waals surface area contributed by atoms with Gasteiger partial charge in [0.05, 0.1) is 11.7 Å². The molecule has 1 fully saturated rings. The van der Waals surface area contributed by atoms with Crippen molar-refractivity contribution in [3.05, 3.63) is 52.6 Å². The van der Waals surface area contributed by atoms with Gasteiger partial charge in [0.1, 0.15) is 5.75 Å². The van der Waals surface area contributed by atoms with Gasteiger partial charge >= 0.3 is 0 Å². The Hall–Kier alpha value is -1.92. The van der Waals surface area contributed by atoms with Gasteiger partial charge in [0.25, 0.3) is 5.91 Å². The Balaban J connectivity index is 1.64. The molecule has 2 aromatic rings. The Morgan fingerprint density at radius 1 is 1.40 bits per heavy atom. The van der Waals surface area contributed by atoms with Crippen LogP contribution in [0.15, 0.2) is 47.1 Å². The molecule has 1 unspecified atom stereocenters. The smallest absolute Gasteiger partial charge is 0.255 e. The van der Waals surface area contributed by atoms with E-state index in [0.29, 0.717) is 30.3 Å². The van der Waals surface area contributed by atoms with E-state index in [0.717, 1.165) is 23.9 Å². The SMILES string of the molecule is CCN(CC1CCCO1)C(=O)c1ccc(Oc2cccc(Br)c2)nc1. The number of rotatable bonds is 6. The maximum Gasteiger partial charge on any atom is 0.255 e. The largest absolute Gasteiger partial charge is 0.439 e. The van der Waals surface area contributed by atoms with Crippen molar-refractivity contribution >= 4 is 21.8 Å². The van der Waals surface area contributed by atoms with Gasteiger partial charge in [-0.25, -0.2) is 4.98 Å². The molecule has 3 rings (SSSR count). The highest BCUT2D eigenvalue weighted by Gasteiger charge is 2.22. The number of pyridine rings is 1. The number of carbonyl (C=O) groups is 1. The quantitative estimate of drug-likeness (QED) is 0.720. The number of hydrogen-bond donors (Lipinski definition) is 0. The van der Waals surface area contributed by atoms with Gasteiger partial charge in [-0.2, -0.15) is 0 Å². The number of halogens is 1. The Bertz CT molecular complexity index is 715. The predicted molar refractivity (Wildman–Crippen MR) is 99.0 cm³/mol. The molecule has 1 aromatic heterocycles. The minimum atomic E-state index is -0.0282. The summed E-state index contributed by atoms with van der Waals surface area (Å²) >= 11 is 3.40. The van der Waals surface area contributed by atoms with Crippen LogP contribution in [0, 0.1) is 0 Å². The molecule has 1 atom stereocenters. The molecule has 1 aliphatic rings. The molecule has 1 aromatic carbocycles. The molecule has 1 amide bonds. The lowest BCUT2D eigenvalue weighted by molar-refractivity contribution is 0.0539.